The quantitative estimate of drug-likeness (QED) is 0.671. The lowest BCUT2D eigenvalue weighted by Crippen LogP contribution is -2.39. The summed E-state index contributed by atoms with van der Waals surface area (Å²) < 4.78 is 5.43. The highest BCUT2D eigenvalue weighted by molar-refractivity contribution is 8.23. The molecule has 124 valence electrons. The van der Waals surface area contributed by atoms with Crippen molar-refractivity contribution in [3.8, 4) is 6.01 Å². The molecule has 1 saturated heterocycles. The molecule has 0 radical (unpaired) electrons. The zero-order chi connectivity index (χ0) is 17.0. The van der Waals surface area contributed by atoms with Crippen LogP contribution in [0, 0.1) is 0 Å². The van der Waals surface area contributed by atoms with Crippen molar-refractivity contribution < 1.29 is 14.3 Å². The molecule has 0 unspecified atom stereocenters. The van der Waals surface area contributed by atoms with E-state index in [-0.39, 0.29) is 36.7 Å². The van der Waals surface area contributed by atoms with Gasteiger partial charge in [0, 0.05) is 14.1 Å². The average Bonchev–Trinajstić information content (AvgIpc) is 2.84. The Morgan fingerprint density at radius 1 is 1.43 bits per heavy atom. The fourth-order valence-electron chi connectivity index (χ4n) is 1.67. The van der Waals surface area contributed by atoms with Gasteiger partial charge in [-0.2, -0.15) is 15.0 Å². The largest absolute Gasteiger partial charge is 0.467 e. The average molecular weight is 356 g/mol. The molecule has 9 nitrogen and oxygen atoms in total. The molecule has 2 amide bonds. The molecule has 0 aliphatic carbocycles. The third-order valence-corrected chi connectivity index (χ3v) is 4.25. The second-order valence-corrected chi connectivity index (χ2v) is 6.35. The molecule has 2 rings (SSSR count). The Morgan fingerprint density at radius 3 is 2.74 bits per heavy atom. The normalized spacial score (nSPS) is 14.1. The minimum atomic E-state index is -0.339. The van der Waals surface area contributed by atoms with E-state index in [4.69, 9.17) is 17.0 Å². The first-order valence-corrected chi connectivity index (χ1v) is 8.00. The topological polar surface area (TPSA) is 101 Å². The zero-order valence-electron chi connectivity index (χ0n) is 12.9. The van der Waals surface area contributed by atoms with E-state index in [0.29, 0.717) is 16.1 Å². The summed E-state index contributed by atoms with van der Waals surface area (Å²) in [6.07, 6.45) is 0. The van der Waals surface area contributed by atoms with E-state index in [0.717, 1.165) is 0 Å². The van der Waals surface area contributed by atoms with Crippen LogP contribution in [0.1, 0.15) is 5.82 Å². The van der Waals surface area contributed by atoms with Crippen molar-refractivity contribution in [3.05, 3.63) is 5.82 Å². The van der Waals surface area contributed by atoms with Crippen LogP contribution in [0.5, 0.6) is 6.01 Å². The Hall–Kier alpha value is -2.01. The number of amides is 2. The summed E-state index contributed by atoms with van der Waals surface area (Å²) in [5.41, 5.74) is 0. The van der Waals surface area contributed by atoms with Crippen LogP contribution in [-0.2, 0) is 16.1 Å². The number of nitrogens with zero attached hydrogens (tertiary/aromatic N) is 5. The second kappa shape index (κ2) is 7.51. The predicted molar refractivity (Wildman–Crippen MR) is 89.3 cm³/mol. The number of hydrogen-bond donors (Lipinski definition) is 1. The molecule has 2 heterocycles. The number of methoxy groups -OCH3 is 1. The molecule has 11 heteroatoms. The van der Waals surface area contributed by atoms with E-state index in [1.165, 1.54) is 23.8 Å². The van der Waals surface area contributed by atoms with Crippen molar-refractivity contribution in [2.75, 3.05) is 38.4 Å². The number of rotatable bonds is 6. The summed E-state index contributed by atoms with van der Waals surface area (Å²) in [5, 5.41) is 2.66. The molecule has 1 aromatic heterocycles. The lowest BCUT2D eigenvalue weighted by molar-refractivity contribution is -0.129. The first-order valence-electron chi connectivity index (χ1n) is 6.60. The van der Waals surface area contributed by atoms with Gasteiger partial charge in [0.2, 0.25) is 17.8 Å². The third-order valence-electron chi connectivity index (χ3n) is 2.82. The van der Waals surface area contributed by atoms with Gasteiger partial charge in [0.15, 0.2) is 5.82 Å². The van der Waals surface area contributed by atoms with Gasteiger partial charge in [0.05, 0.1) is 19.4 Å². The Labute approximate surface area is 142 Å². The van der Waals surface area contributed by atoms with Gasteiger partial charge < -0.3 is 15.0 Å². The molecule has 1 fully saturated rings. The molecule has 1 aromatic rings. The van der Waals surface area contributed by atoms with Gasteiger partial charge in [0.1, 0.15) is 10.9 Å². The highest BCUT2D eigenvalue weighted by Gasteiger charge is 2.28. The number of carbonyl (C=O) groups is 2. The Morgan fingerprint density at radius 2 is 2.17 bits per heavy atom. The number of anilines is 1. The number of ether oxygens (including phenoxy) is 1. The molecule has 1 aliphatic heterocycles. The van der Waals surface area contributed by atoms with Gasteiger partial charge in [-0.1, -0.05) is 24.0 Å². The molecule has 1 N–H and O–H groups in total. The van der Waals surface area contributed by atoms with Crippen LogP contribution < -0.4 is 15.0 Å². The monoisotopic (exact) mass is 356 g/mol. The van der Waals surface area contributed by atoms with Crippen molar-refractivity contribution in [2.24, 2.45) is 0 Å². The van der Waals surface area contributed by atoms with E-state index < -0.39 is 0 Å². The molecule has 0 aromatic carbocycles. The van der Waals surface area contributed by atoms with Gasteiger partial charge in [-0.3, -0.25) is 14.5 Å². The lowest BCUT2D eigenvalue weighted by Gasteiger charge is -2.15. The minimum Gasteiger partial charge on any atom is -0.467 e. The standard InChI is InChI=1S/C12H16N6O3S2/c1-17(2)10-14-7(15-11(16-10)21-3)4-13-8(19)5-18-9(20)6-23-12(18)22/h4-6H2,1-3H3,(H,13,19). The highest BCUT2D eigenvalue weighted by Crippen LogP contribution is 2.18. The maximum Gasteiger partial charge on any atom is 0.321 e. The number of carbonyl (C=O) groups excluding carboxylic acids is 2. The molecule has 0 atom stereocenters. The fourth-order valence-corrected chi connectivity index (χ4v) is 2.74. The van der Waals surface area contributed by atoms with E-state index in [9.17, 15) is 9.59 Å². The van der Waals surface area contributed by atoms with E-state index in [1.54, 1.807) is 19.0 Å². The molecular formula is C12H16N6O3S2. The van der Waals surface area contributed by atoms with Crippen LogP contribution in [0.3, 0.4) is 0 Å². The van der Waals surface area contributed by atoms with Gasteiger partial charge in [-0.05, 0) is 0 Å². The highest BCUT2D eigenvalue weighted by atomic mass is 32.2. The van der Waals surface area contributed by atoms with Gasteiger partial charge in [-0.25, -0.2) is 0 Å². The summed E-state index contributed by atoms with van der Waals surface area (Å²) in [5.74, 6) is 0.566. The fraction of sp³-hybridized carbons (Fsp3) is 0.500. The number of thiocarbonyl (C=S) groups is 1. The van der Waals surface area contributed by atoms with Crippen molar-refractivity contribution in [1.29, 1.82) is 0 Å². The predicted octanol–water partition coefficient (Wildman–Crippen LogP) is -0.577. The summed E-state index contributed by atoms with van der Waals surface area (Å²) >= 11 is 6.28. The Kier molecular flexibility index (Phi) is 5.66. The van der Waals surface area contributed by atoms with Crippen LogP contribution >= 0.6 is 24.0 Å². The summed E-state index contributed by atoms with van der Waals surface area (Å²) in [6.45, 7) is -0.00604. The van der Waals surface area contributed by atoms with E-state index in [1.807, 2.05) is 0 Å². The van der Waals surface area contributed by atoms with E-state index in [2.05, 4.69) is 20.3 Å². The van der Waals surface area contributed by atoms with Gasteiger partial charge in [-0.15, -0.1) is 0 Å². The second-order valence-electron chi connectivity index (χ2n) is 4.74. The van der Waals surface area contributed by atoms with Crippen molar-refractivity contribution >= 4 is 46.1 Å². The zero-order valence-corrected chi connectivity index (χ0v) is 14.5. The Balaban J connectivity index is 1.97. The number of thioether (sulfide) groups is 1. The number of hydrogen-bond acceptors (Lipinski definition) is 9. The first-order chi connectivity index (χ1) is 10.9. The van der Waals surface area contributed by atoms with Crippen LogP contribution in [-0.4, -0.2) is 69.5 Å². The van der Waals surface area contributed by atoms with Crippen LogP contribution in [0.4, 0.5) is 5.95 Å². The first kappa shape index (κ1) is 17.3. The van der Waals surface area contributed by atoms with Crippen molar-refractivity contribution in [1.82, 2.24) is 25.2 Å². The van der Waals surface area contributed by atoms with Gasteiger partial charge >= 0.3 is 6.01 Å². The molecule has 1 aliphatic rings. The summed E-state index contributed by atoms with van der Waals surface area (Å²) in [4.78, 5) is 38.9. The van der Waals surface area contributed by atoms with Gasteiger partial charge in [0.25, 0.3) is 0 Å². The number of nitrogens with one attached hydrogen (secondary N) is 1. The maximum atomic E-state index is 11.9. The maximum absolute atomic E-state index is 11.9. The van der Waals surface area contributed by atoms with Crippen molar-refractivity contribution in [2.45, 2.75) is 6.54 Å². The van der Waals surface area contributed by atoms with Crippen LogP contribution in [0.2, 0.25) is 0 Å². The van der Waals surface area contributed by atoms with Crippen molar-refractivity contribution in [3.63, 3.8) is 0 Å². The van der Waals surface area contributed by atoms with E-state index >= 15 is 0 Å². The third kappa shape index (κ3) is 4.48. The molecular weight excluding hydrogens is 340 g/mol. The Bertz CT molecular complexity index is 623. The van der Waals surface area contributed by atoms with Crippen LogP contribution in [0.25, 0.3) is 0 Å². The van der Waals surface area contributed by atoms with Crippen LogP contribution in [0.15, 0.2) is 0 Å². The SMILES string of the molecule is COc1nc(CNC(=O)CN2C(=O)CSC2=S)nc(N(C)C)n1. The molecule has 0 spiro atoms. The lowest BCUT2D eigenvalue weighted by atomic mass is 10.4. The number of aromatic nitrogens is 3. The minimum absolute atomic E-state index is 0.0977. The molecule has 0 saturated carbocycles. The molecule has 0 bridgehead atoms. The molecule has 23 heavy (non-hydrogen) atoms. The summed E-state index contributed by atoms with van der Waals surface area (Å²) in [7, 11) is 5.03. The smallest absolute Gasteiger partial charge is 0.321 e. The summed E-state index contributed by atoms with van der Waals surface area (Å²) in [6, 6.07) is 0.167.